The van der Waals surface area contributed by atoms with E-state index >= 15 is 0 Å². The molecule has 84 valence electrons. The lowest BCUT2D eigenvalue weighted by Gasteiger charge is -2.05. The zero-order valence-corrected chi connectivity index (χ0v) is 11.2. The summed E-state index contributed by atoms with van der Waals surface area (Å²) >= 11 is 5.13. The summed E-state index contributed by atoms with van der Waals surface area (Å²) in [5.41, 5.74) is 1.74. The Morgan fingerprint density at radius 2 is 2.19 bits per heavy atom. The Bertz CT molecular complexity index is 496. The normalized spacial score (nSPS) is 10.7. The molecule has 0 fully saturated rings. The van der Waals surface area contributed by atoms with Gasteiger partial charge in [0.05, 0.1) is 0 Å². The Labute approximate surface area is 106 Å². The molecule has 1 aromatic heterocycles. The van der Waals surface area contributed by atoms with Gasteiger partial charge in [-0.25, -0.2) is 4.39 Å². The summed E-state index contributed by atoms with van der Waals surface area (Å²) < 4.78 is 14.5. The Morgan fingerprint density at radius 3 is 2.81 bits per heavy atom. The fraction of sp³-hybridized carbons (Fsp3) is 0.167. The third kappa shape index (κ3) is 2.34. The highest BCUT2D eigenvalue weighted by Gasteiger charge is 2.08. The zero-order chi connectivity index (χ0) is 11.5. The van der Waals surface area contributed by atoms with Crippen molar-refractivity contribution in [2.75, 3.05) is 7.05 Å². The van der Waals surface area contributed by atoms with Gasteiger partial charge in [0.15, 0.2) is 0 Å². The molecule has 4 heteroatoms. The van der Waals surface area contributed by atoms with Gasteiger partial charge in [-0.3, -0.25) is 0 Å². The van der Waals surface area contributed by atoms with Crippen molar-refractivity contribution in [1.29, 1.82) is 0 Å². The van der Waals surface area contributed by atoms with Crippen molar-refractivity contribution in [3.05, 3.63) is 45.5 Å². The fourth-order valence-electron chi connectivity index (χ4n) is 1.54. The highest BCUT2D eigenvalue weighted by Crippen LogP contribution is 2.34. The predicted octanol–water partition coefficient (Wildman–Crippen LogP) is 4.04. The minimum Gasteiger partial charge on any atom is -0.316 e. The van der Waals surface area contributed by atoms with Crippen molar-refractivity contribution in [3.63, 3.8) is 0 Å². The SMILES string of the molecule is CNCc1cc(-c2sccc2Br)ccc1F. The maximum absolute atomic E-state index is 13.5. The lowest BCUT2D eigenvalue weighted by Crippen LogP contribution is -2.06. The van der Waals surface area contributed by atoms with E-state index in [1.165, 1.54) is 6.07 Å². The van der Waals surface area contributed by atoms with Gasteiger partial charge in [-0.05, 0) is 52.1 Å². The lowest BCUT2D eigenvalue weighted by molar-refractivity contribution is 0.601. The molecule has 0 saturated carbocycles. The molecule has 16 heavy (non-hydrogen) atoms. The van der Waals surface area contributed by atoms with Crippen LogP contribution >= 0.6 is 27.3 Å². The molecular formula is C12H11BrFNS. The number of nitrogens with one attached hydrogen (secondary N) is 1. The number of hydrogen-bond acceptors (Lipinski definition) is 2. The van der Waals surface area contributed by atoms with Crippen LogP contribution in [0.15, 0.2) is 34.1 Å². The largest absolute Gasteiger partial charge is 0.316 e. The summed E-state index contributed by atoms with van der Waals surface area (Å²) in [7, 11) is 1.81. The van der Waals surface area contributed by atoms with Gasteiger partial charge >= 0.3 is 0 Å². The van der Waals surface area contributed by atoms with Crippen LogP contribution in [0.2, 0.25) is 0 Å². The van der Waals surface area contributed by atoms with Crippen molar-refractivity contribution < 1.29 is 4.39 Å². The van der Waals surface area contributed by atoms with Crippen molar-refractivity contribution in [1.82, 2.24) is 5.32 Å². The standard InChI is InChI=1S/C12H11BrFNS/c1-15-7-9-6-8(2-3-11(9)14)12-10(13)4-5-16-12/h2-6,15H,7H2,1H3. The van der Waals surface area contributed by atoms with Gasteiger partial charge in [0.2, 0.25) is 0 Å². The molecule has 0 saturated heterocycles. The minimum atomic E-state index is -0.161. The van der Waals surface area contributed by atoms with Crippen molar-refractivity contribution in [2.24, 2.45) is 0 Å². The van der Waals surface area contributed by atoms with Gasteiger partial charge in [-0.2, -0.15) is 0 Å². The number of hydrogen-bond donors (Lipinski definition) is 1. The second-order valence-corrected chi connectivity index (χ2v) is 5.20. The van der Waals surface area contributed by atoms with E-state index in [2.05, 4.69) is 21.2 Å². The number of halogens is 2. The van der Waals surface area contributed by atoms with Gasteiger partial charge < -0.3 is 5.32 Å². The first-order chi connectivity index (χ1) is 7.72. The summed E-state index contributed by atoms with van der Waals surface area (Å²) in [6.07, 6.45) is 0. The third-order valence-electron chi connectivity index (χ3n) is 2.29. The summed E-state index contributed by atoms with van der Waals surface area (Å²) in [4.78, 5) is 1.14. The van der Waals surface area contributed by atoms with Crippen LogP contribution in [0.4, 0.5) is 4.39 Å². The molecule has 0 bridgehead atoms. The van der Waals surface area contributed by atoms with E-state index in [1.54, 1.807) is 11.3 Å². The smallest absolute Gasteiger partial charge is 0.127 e. The average molecular weight is 300 g/mol. The van der Waals surface area contributed by atoms with Crippen LogP contribution in [0.25, 0.3) is 10.4 Å². The fourth-order valence-corrected chi connectivity index (χ4v) is 3.14. The van der Waals surface area contributed by atoms with E-state index in [0.29, 0.717) is 12.1 Å². The van der Waals surface area contributed by atoms with Crippen LogP contribution in [-0.2, 0) is 6.54 Å². The first kappa shape index (κ1) is 11.8. The maximum Gasteiger partial charge on any atom is 0.127 e. The summed E-state index contributed by atoms with van der Waals surface area (Å²) in [6, 6.07) is 7.22. The van der Waals surface area contributed by atoms with Gasteiger partial charge in [0, 0.05) is 21.5 Å². The highest BCUT2D eigenvalue weighted by molar-refractivity contribution is 9.10. The molecule has 0 atom stereocenters. The Balaban J connectivity index is 2.43. The summed E-state index contributed by atoms with van der Waals surface area (Å²) in [5.74, 6) is -0.161. The quantitative estimate of drug-likeness (QED) is 0.902. The average Bonchev–Trinajstić information content (AvgIpc) is 2.68. The van der Waals surface area contributed by atoms with Crippen molar-refractivity contribution in [2.45, 2.75) is 6.54 Å². The molecule has 2 aromatic rings. The molecule has 1 nitrogen and oxygen atoms in total. The van der Waals surface area contributed by atoms with Crippen LogP contribution in [0.3, 0.4) is 0 Å². The summed E-state index contributed by atoms with van der Waals surface area (Å²) in [6.45, 7) is 0.544. The topological polar surface area (TPSA) is 12.0 Å². The van der Waals surface area contributed by atoms with Gasteiger partial charge in [-0.1, -0.05) is 6.07 Å². The molecule has 2 rings (SSSR count). The molecule has 0 unspecified atom stereocenters. The first-order valence-electron chi connectivity index (χ1n) is 4.88. The van der Waals surface area contributed by atoms with Crippen LogP contribution in [0.5, 0.6) is 0 Å². The second kappa shape index (κ2) is 5.08. The van der Waals surface area contributed by atoms with E-state index in [0.717, 1.165) is 14.9 Å². The van der Waals surface area contributed by atoms with Crippen LogP contribution in [-0.4, -0.2) is 7.05 Å². The third-order valence-corrected chi connectivity index (χ3v) is 4.18. The van der Waals surface area contributed by atoms with Crippen LogP contribution in [0, 0.1) is 5.82 Å². The highest BCUT2D eigenvalue weighted by atomic mass is 79.9. The zero-order valence-electron chi connectivity index (χ0n) is 8.76. The lowest BCUT2D eigenvalue weighted by atomic mass is 10.1. The molecule has 0 aliphatic rings. The molecule has 0 radical (unpaired) electrons. The Morgan fingerprint density at radius 1 is 1.38 bits per heavy atom. The minimum absolute atomic E-state index is 0.161. The molecule has 0 aliphatic heterocycles. The maximum atomic E-state index is 13.5. The number of benzene rings is 1. The molecule has 0 amide bonds. The first-order valence-corrected chi connectivity index (χ1v) is 6.56. The Kier molecular flexibility index (Phi) is 3.74. The summed E-state index contributed by atoms with van der Waals surface area (Å²) in [5, 5.41) is 4.98. The Hall–Kier alpha value is -0.710. The molecular weight excluding hydrogens is 289 g/mol. The van der Waals surface area contributed by atoms with E-state index in [1.807, 2.05) is 30.6 Å². The molecule has 0 spiro atoms. The molecule has 1 aromatic carbocycles. The van der Waals surface area contributed by atoms with Crippen LogP contribution < -0.4 is 5.32 Å². The second-order valence-electron chi connectivity index (χ2n) is 3.43. The van der Waals surface area contributed by atoms with E-state index in [9.17, 15) is 4.39 Å². The van der Waals surface area contributed by atoms with E-state index in [-0.39, 0.29) is 5.82 Å². The van der Waals surface area contributed by atoms with Gasteiger partial charge in [-0.15, -0.1) is 11.3 Å². The molecule has 1 heterocycles. The van der Waals surface area contributed by atoms with Crippen LogP contribution in [0.1, 0.15) is 5.56 Å². The monoisotopic (exact) mass is 299 g/mol. The molecule has 0 aliphatic carbocycles. The van der Waals surface area contributed by atoms with E-state index < -0.39 is 0 Å². The number of thiophene rings is 1. The van der Waals surface area contributed by atoms with Crippen molar-refractivity contribution in [3.8, 4) is 10.4 Å². The van der Waals surface area contributed by atoms with Crippen molar-refractivity contribution >= 4 is 27.3 Å². The number of rotatable bonds is 3. The van der Waals surface area contributed by atoms with Gasteiger partial charge in [0.1, 0.15) is 5.82 Å². The van der Waals surface area contributed by atoms with E-state index in [4.69, 9.17) is 0 Å². The predicted molar refractivity (Wildman–Crippen MR) is 70.2 cm³/mol. The molecule has 1 N–H and O–H groups in total. The van der Waals surface area contributed by atoms with Gasteiger partial charge in [0.25, 0.3) is 0 Å².